The molecule has 0 aliphatic rings. The van der Waals surface area contributed by atoms with Gasteiger partial charge >= 0.3 is 6.18 Å². The molecule has 0 fully saturated rings. The summed E-state index contributed by atoms with van der Waals surface area (Å²) < 4.78 is 53.2. The Morgan fingerprint density at radius 1 is 1.14 bits per heavy atom. The average Bonchev–Trinajstić information content (AvgIpc) is 3.49. The van der Waals surface area contributed by atoms with E-state index in [1.807, 2.05) is 0 Å². The number of aromatic nitrogens is 4. The van der Waals surface area contributed by atoms with Gasteiger partial charge in [0.2, 0.25) is 5.88 Å². The SMILES string of the molecule is Cc1cn(-c2cc(NC(=O)c3coc4cc(Oc5cc(CO)ncn5)ccc34)cc(C(F)(F)F)c2)cn1. The van der Waals surface area contributed by atoms with Crippen molar-refractivity contribution in [3.8, 4) is 17.3 Å². The monoisotopic (exact) mass is 509 g/mol. The molecule has 188 valence electrons. The number of halogens is 3. The van der Waals surface area contributed by atoms with Gasteiger partial charge in [0.1, 0.15) is 23.9 Å². The Labute approximate surface area is 207 Å². The summed E-state index contributed by atoms with van der Waals surface area (Å²) in [5.41, 5.74) is 0.687. The molecule has 2 N–H and O–H groups in total. The van der Waals surface area contributed by atoms with Crippen LogP contribution in [0.4, 0.5) is 18.9 Å². The molecule has 0 radical (unpaired) electrons. The number of amides is 1. The number of alkyl halides is 3. The number of aliphatic hydroxyl groups excluding tert-OH is 1. The number of carbonyl (C=O) groups is 1. The Hall–Kier alpha value is -4.71. The number of hydrogen-bond acceptors (Lipinski definition) is 7. The Balaban J connectivity index is 1.41. The predicted octanol–water partition coefficient (Wildman–Crippen LogP) is 5.27. The molecule has 3 heterocycles. The van der Waals surface area contributed by atoms with E-state index in [9.17, 15) is 23.1 Å². The van der Waals surface area contributed by atoms with E-state index in [-0.39, 0.29) is 29.4 Å². The second-order valence-corrected chi connectivity index (χ2v) is 8.06. The van der Waals surface area contributed by atoms with Crippen LogP contribution in [0, 0.1) is 6.92 Å². The van der Waals surface area contributed by atoms with E-state index in [1.165, 1.54) is 41.7 Å². The van der Waals surface area contributed by atoms with Gasteiger partial charge in [-0.25, -0.2) is 15.0 Å². The molecule has 5 rings (SSSR count). The maximum atomic E-state index is 13.5. The van der Waals surface area contributed by atoms with Gasteiger partial charge in [-0.05, 0) is 37.3 Å². The van der Waals surface area contributed by atoms with Gasteiger partial charge in [-0.3, -0.25) is 4.79 Å². The number of rotatable bonds is 6. The molecule has 12 heteroatoms. The summed E-state index contributed by atoms with van der Waals surface area (Å²) in [6.07, 6.45) is 0.821. The molecule has 0 spiro atoms. The van der Waals surface area contributed by atoms with Crippen LogP contribution in [0.2, 0.25) is 0 Å². The van der Waals surface area contributed by atoms with Crippen LogP contribution in [-0.4, -0.2) is 30.5 Å². The number of furan rings is 1. The highest BCUT2D eigenvalue weighted by molar-refractivity contribution is 6.12. The number of carbonyl (C=O) groups excluding carboxylic acids is 1. The molecule has 0 atom stereocenters. The van der Waals surface area contributed by atoms with Gasteiger partial charge in [0, 0.05) is 35.1 Å². The highest BCUT2D eigenvalue weighted by atomic mass is 19.4. The number of fused-ring (bicyclic) bond motifs is 1. The first-order chi connectivity index (χ1) is 17.7. The van der Waals surface area contributed by atoms with E-state index in [2.05, 4.69) is 20.3 Å². The van der Waals surface area contributed by atoms with Gasteiger partial charge in [-0.15, -0.1) is 0 Å². The van der Waals surface area contributed by atoms with Crippen LogP contribution in [-0.2, 0) is 12.8 Å². The first kappa shape index (κ1) is 24.0. The third kappa shape index (κ3) is 5.14. The molecule has 1 amide bonds. The van der Waals surface area contributed by atoms with Crippen molar-refractivity contribution in [2.45, 2.75) is 19.7 Å². The normalized spacial score (nSPS) is 11.6. The fourth-order valence-electron chi connectivity index (χ4n) is 3.64. The van der Waals surface area contributed by atoms with Crippen molar-refractivity contribution in [2.24, 2.45) is 0 Å². The zero-order valence-corrected chi connectivity index (χ0v) is 19.2. The second-order valence-electron chi connectivity index (χ2n) is 8.06. The summed E-state index contributed by atoms with van der Waals surface area (Å²) >= 11 is 0. The Bertz CT molecular complexity index is 1610. The van der Waals surface area contributed by atoms with E-state index in [4.69, 9.17) is 9.15 Å². The highest BCUT2D eigenvalue weighted by Gasteiger charge is 2.31. The van der Waals surface area contributed by atoms with Crippen LogP contribution < -0.4 is 10.1 Å². The minimum Gasteiger partial charge on any atom is -0.463 e. The molecule has 5 aromatic rings. The standard InChI is InChI=1S/C25H18F3N5O4/c1-14-9-33(13-31-14)18-5-15(25(26,27)28)4-16(6-18)32-24(35)21-11-36-22-8-19(2-3-20(21)22)37-23-7-17(10-34)29-12-30-23/h2-9,11-13,34H,10H2,1H3,(H,32,35). The van der Waals surface area contributed by atoms with Gasteiger partial charge in [0.05, 0.1) is 35.4 Å². The van der Waals surface area contributed by atoms with Gasteiger partial charge in [-0.1, -0.05) is 0 Å². The second kappa shape index (κ2) is 9.39. The van der Waals surface area contributed by atoms with E-state index in [0.717, 1.165) is 12.1 Å². The van der Waals surface area contributed by atoms with Crippen molar-refractivity contribution in [1.82, 2.24) is 19.5 Å². The quantitative estimate of drug-likeness (QED) is 0.320. The minimum absolute atomic E-state index is 0.0427. The van der Waals surface area contributed by atoms with Crippen LogP contribution in [0.1, 0.15) is 27.3 Å². The van der Waals surface area contributed by atoms with E-state index >= 15 is 0 Å². The van der Waals surface area contributed by atoms with E-state index < -0.39 is 17.6 Å². The molecule has 9 nitrogen and oxygen atoms in total. The maximum absolute atomic E-state index is 13.5. The predicted molar refractivity (Wildman–Crippen MR) is 125 cm³/mol. The van der Waals surface area contributed by atoms with Gasteiger partial charge < -0.3 is 24.1 Å². The third-order valence-corrected chi connectivity index (χ3v) is 5.39. The smallest absolute Gasteiger partial charge is 0.416 e. The summed E-state index contributed by atoms with van der Waals surface area (Å²) in [6, 6.07) is 9.44. The van der Waals surface area contributed by atoms with Crippen LogP contribution in [0.5, 0.6) is 11.6 Å². The number of nitrogens with one attached hydrogen (secondary N) is 1. The van der Waals surface area contributed by atoms with E-state index in [0.29, 0.717) is 28.1 Å². The van der Waals surface area contributed by atoms with Crippen molar-refractivity contribution in [2.75, 3.05) is 5.32 Å². The number of nitrogens with zero attached hydrogens (tertiary/aromatic N) is 4. The fraction of sp³-hybridized carbons (Fsp3) is 0.120. The molecular weight excluding hydrogens is 491 g/mol. The van der Waals surface area contributed by atoms with Crippen LogP contribution in [0.15, 0.2) is 72.0 Å². The summed E-state index contributed by atoms with van der Waals surface area (Å²) in [7, 11) is 0. The number of hydrogen-bond donors (Lipinski definition) is 2. The lowest BCUT2D eigenvalue weighted by Gasteiger charge is -2.13. The number of aliphatic hydroxyl groups is 1. The van der Waals surface area contributed by atoms with Gasteiger partial charge in [0.15, 0.2) is 0 Å². The Kier molecular flexibility index (Phi) is 6.09. The summed E-state index contributed by atoms with van der Waals surface area (Å²) in [6.45, 7) is 1.44. The van der Waals surface area contributed by atoms with Crippen molar-refractivity contribution in [3.63, 3.8) is 0 Å². The van der Waals surface area contributed by atoms with Crippen molar-refractivity contribution >= 4 is 22.6 Å². The lowest BCUT2D eigenvalue weighted by molar-refractivity contribution is -0.137. The van der Waals surface area contributed by atoms with Gasteiger partial charge in [0.25, 0.3) is 5.91 Å². The largest absolute Gasteiger partial charge is 0.463 e. The molecule has 0 saturated carbocycles. The lowest BCUT2D eigenvalue weighted by atomic mass is 10.1. The molecule has 0 saturated heterocycles. The van der Waals surface area contributed by atoms with Crippen LogP contribution in [0.25, 0.3) is 16.7 Å². The van der Waals surface area contributed by atoms with Crippen LogP contribution in [0.3, 0.4) is 0 Å². The number of aryl methyl sites for hydroxylation is 1. The first-order valence-electron chi connectivity index (χ1n) is 10.8. The first-order valence-corrected chi connectivity index (χ1v) is 10.8. The highest BCUT2D eigenvalue weighted by Crippen LogP contribution is 2.34. The zero-order valence-electron chi connectivity index (χ0n) is 19.2. The average molecular weight is 509 g/mol. The number of imidazole rings is 1. The molecule has 37 heavy (non-hydrogen) atoms. The number of benzene rings is 2. The van der Waals surface area contributed by atoms with Crippen LogP contribution >= 0.6 is 0 Å². The molecule has 0 bridgehead atoms. The zero-order chi connectivity index (χ0) is 26.2. The molecule has 0 unspecified atom stereocenters. The van der Waals surface area contributed by atoms with Crippen molar-refractivity contribution in [3.05, 3.63) is 90.1 Å². The Morgan fingerprint density at radius 3 is 2.70 bits per heavy atom. The minimum atomic E-state index is -4.62. The molecular formula is C25H18F3N5O4. The lowest BCUT2D eigenvalue weighted by Crippen LogP contribution is -2.13. The number of ether oxygens (including phenoxy) is 1. The number of anilines is 1. The summed E-state index contributed by atoms with van der Waals surface area (Å²) in [4.78, 5) is 24.9. The fourth-order valence-corrected chi connectivity index (χ4v) is 3.64. The maximum Gasteiger partial charge on any atom is 0.416 e. The summed E-state index contributed by atoms with van der Waals surface area (Å²) in [5.74, 6) is -0.0891. The topological polar surface area (TPSA) is 115 Å². The van der Waals surface area contributed by atoms with Crippen molar-refractivity contribution in [1.29, 1.82) is 0 Å². The third-order valence-electron chi connectivity index (χ3n) is 5.39. The van der Waals surface area contributed by atoms with Crippen molar-refractivity contribution < 1.29 is 32.2 Å². The molecule has 3 aromatic heterocycles. The van der Waals surface area contributed by atoms with E-state index in [1.54, 1.807) is 25.3 Å². The Morgan fingerprint density at radius 2 is 1.97 bits per heavy atom. The van der Waals surface area contributed by atoms with Gasteiger partial charge in [-0.2, -0.15) is 13.2 Å². The molecule has 2 aromatic carbocycles. The summed E-state index contributed by atoms with van der Waals surface area (Å²) in [5, 5.41) is 12.2. The molecule has 0 aliphatic heterocycles. The molecule has 0 aliphatic carbocycles.